The van der Waals surface area contributed by atoms with E-state index in [0.717, 1.165) is 41.4 Å². The van der Waals surface area contributed by atoms with Crippen LogP contribution < -0.4 is 0 Å². The van der Waals surface area contributed by atoms with Gasteiger partial charge in [-0.05, 0) is 57.6 Å². The number of benzene rings is 1. The van der Waals surface area contributed by atoms with Gasteiger partial charge in [0, 0.05) is 18.1 Å². The molecule has 1 amide bonds. The maximum Gasteiger partial charge on any atom is 0.326 e. The topological polar surface area (TPSA) is 59.5 Å². The van der Waals surface area contributed by atoms with E-state index in [0.29, 0.717) is 11.5 Å². The monoisotopic (exact) mass is 368 g/mol. The second-order valence-electron chi connectivity index (χ2n) is 8.52. The first-order chi connectivity index (χ1) is 12.7. The lowest BCUT2D eigenvalue weighted by atomic mass is 9.84. The molecule has 0 spiro atoms. The molecule has 1 unspecified atom stereocenters. The van der Waals surface area contributed by atoms with Gasteiger partial charge in [-0.15, -0.1) is 0 Å². The number of likely N-dealkylation sites (N-methyl/N-ethyl adjacent to an activating group) is 1. The molecule has 0 radical (unpaired) electrons. The van der Waals surface area contributed by atoms with Gasteiger partial charge < -0.3 is 9.64 Å². The van der Waals surface area contributed by atoms with Crippen LogP contribution in [0.4, 0.5) is 0 Å². The number of hydrogen-bond acceptors (Lipinski definition) is 4. The van der Waals surface area contributed by atoms with Crippen LogP contribution in [-0.2, 0) is 22.4 Å². The van der Waals surface area contributed by atoms with Crippen molar-refractivity contribution in [2.24, 2.45) is 5.92 Å². The number of amides is 1. The summed E-state index contributed by atoms with van der Waals surface area (Å²) >= 11 is 0. The van der Waals surface area contributed by atoms with E-state index in [2.05, 4.69) is 6.92 Å². The van der Waals surface area contributed by atoms with Crippen LogP contribution in [0.3, 0.4) is 0 Å². The van der Waals surface area contributed by atoms with Crippen molar-refractivity contribution >= 4 is 22.8 Å². The summed E-state index contributed by atoms with van der Waals surface area (Å²) in [5.74, 6) is -0.0352. The highest BCUT2D eigenvalue weighted by Gasteiger charge is 2.28. The lowest BCUT2D eigenvalue weighted by molar-refractivity contribution is -0.155. The van der Waals surface area contributed by atoms with Crippen LogP contribution in [0.25, 0.3) is 10.9 Å². The molecule has 27 heavy (non-hydrogen) atoms. The Hall–Kier alpha value is -2.43. The Balaban J connectivity index is 1.98. The van der Waals surface area contributed by atoms with Crippen LogP contribution in [0.5, 0.6) is 0 Å². The molecule has 0 N–H and O–H groups in total. The van der Waals surface area contributed by atoms with Gasteiger partial charge in [0.05, 0.1) is 11.1 Å². The number of carbonyl (C=O) groups is 2. The molecule has 0 aliphatic heterocycles. The molecule has 2 aromatic rings. The van der Waals surface area contributed by atoms with Crippen molar-refractivity contribution < 1.29 is 14.3 Å². The summed E-state index contributed by atoms with van der Waals surface area (Å²) in [6, 6.07) is 7.74. The van der Waals surface area contributed by atoms with Crippen LogP contribution in [0.1, 0.15) is 55.7 Å². The van der Waals surface area contributed by atoms with Gasteiger partial charge in [-0.3, -0.25) is 14.6 Å². The van der Waals surface area contributed by atoms with E-state index >= 15 is 0 Å². The van der Waals surface area contributed by atoms with Crippen molar-refractivity contribution in [1.82, 2.24) is 9.88 Å². The van der Waals surface area contributed by atoms with Crippen molar-refractivity contribution in [2.75, 3.05) is 13.6 Å². The zero-order valence-corrected chi connectivity index (χ0v) is 16.8. The predicted molar refractivity (Wildman–Crippen MR) is 106 cm³/mol. The quantitative estimate of drug-likeness (QED) is 0.774. The van der Waals surface area contributed by atoms with E-state index in [4.69, 9.17) is 9.72 Å². The minimum absolute atomic E-state index is 0.0723. The van der Waals surface area contributed by atoms with Crippen molar-refractivity contribution in [3.63, 3.8) is 0 Å². The van der Waals surface area contributed by atoms with Gasteiger partial charge in [0.1, 0.15) is 12.1 Å². The second-order valence-corrected chi connectivity index (χ2v) is 8.52. The maximum absolute atomic E-state index is 13.3. The number of carbonyl (C=O) groups excluding carboxylic acids is 2. The summed E-state index contributed by atoms with van der Waals surface area (Å²) in [6.07, 6.45) is 2.81. The molecule has 1 aliphatic carbocycles. The van der Waals surface area contributed by atoms with Crippen LogP contribution in [0, 0.1) is 5.92 Å². The molecule has 0 saturated carbocycles. The van der Waals surface area contributed by atoms with Crippen molar-refractivity contribution in [3.8, 4) is 0 Å². The molecule has 1 aromatic heterocycles. The highest BCUT2D eigenvalue weighted by Crippen LogP contribution is 2.32. The van der Waals surface area contributed by atoms with Crippen LogP contribution in [-0.4, -0.2) is 41.0 Å². The number of hydrogen-bond donors (Lipinski definition) is 0. The van der Waals surface area contributed by atoms with Gasteiger partial charge in [-0.1, -0.05) is 25.1 Å². The fraction of sp³-hybridized carbons (Fsp3) is 0.500. The van der Waals surface area contributed by atoms with Gasteiger partial charge in [0.2, 0.25) is 0 Å². The Bertz CT molecular complexity index is 883. The highest BCUT2D eigenvalue weighted by atomic mass is 16.6. The molecule has 0 saturated heterocycles. The van der Waals surface area contributed by atoms with Crippen molar-refractivity contribution in [2.45, 2.75) is 52.6 Å². The first-order valence-corrected chi connectivity index (χ1v) is 9.53. The zero-order chi connectivity index (χ0) is 19.8. The molecule has 1 atom stereocenters. The number of aryl methyl sites for hydroxylation is 1. The zero-order valence-electron chi connectivity index (χ0n) is 16.8. The summed E-state index contributed by atoms with van der Waals surface area (Å²) in [6.45, 7) is 7.59. The third kappa shape index (κ3) is 4.29. The second kappa shape index (κ2) is 7.29. The molecule has 1 aliphatic rings. The predicted octanol–water partition coefficient (Wildman–Crippen LogP) is 3.77. The van der Waals surface area contributed by atoms with Crippen LogP contribution >= 0.6 is 0 Å². The molecule has 1 heterocycles. The largest absolute Gasteiger partial charge is 0.459 e. The molecular weight excluding hydrogens is 340 g/mol. The first kappa shape index (κ1) is 19.3. The Labute approximate surface area is 160 Å². The van der Waals surface area contributed by atoms with Gasteiger partial charge >= 0.3 is 5.97 Å². The maximum atomic E-state index is 13.3. The number of pyridine rings is 1. The molecule has 0 bridgehead atoms. The molecule has 5 nitrogen and oxygen atoms in total. The van der Waals surface area contributed by atoms with E-state index in [-0.39, 0.29) is 12.5 Å². The average molecular weight is 368 g/mol. The van der Waals surface area contributed by atoms with E-state index < -0.39 is 11.6 Å². The van der Waals surface area contributed by atoms with E-state index in [1.54, 1.807) is 7.05 Å². The van der Waals surface area contributed by atoms with E-state index in [1.807, 2.05) is 45.0 Å². The lowest BCUT2D eigenvalue weighted by Gasteiger charge is -2.27. The standard InChI is InChI=1S/C22H28N2O3/c1-14-10-11-18-16(12-14)20(15-8-6-7-9-17(15)23-18)21(26)24(5)13-19(25)27-22(2,3)4/h6-9,14H,10-13H2,1-5H3. The Morgan fingerprint density at radius 2 is 1.96 bits per heavy atom. The van der Waals surface area contributed by atoms with Gasteiger partial charge in [-0.2, -0.15) is 0 Å². The first-order valence-electron chi connectivity index (χ1n) is 9.53. The summed E-state index contributed by atoms with van der Waals surface area (Å²) in [5, 5.41) is 0.853. The SMILES string of the molecule is CC1CCc2nc3ccccc3c(C(=O)N(C)CC(=O)OC(C)(C)C)c2C1. The third-order valence-corrected chi connectivity index (χ3v) is 4.85. The summed E-state index contributed by atoms with van der Waals surface area (Å²) in [5.41, 5.74) is 3.00. The number of aromatic nitrogens is 1. The number of nitrogens with zero attached hydrogens (tertiary/aromatic N) is 2. The number of ether oxygens (including phenoxy) is 1. The minimum Gasteiger partial charge on any atom is -0.459 e. The van der Waals surface area contributed by atoms with Crippen molar-refractivity contribution in [1.29, 1.82) is 0 Å². The van der Waals surface area contributed by atoms with Crippen molar-refractivity contribution in [3.05, 3.63) is 41.1 Å². The van der Waals surface area contributed by atoms with E-state index in [9.17, 15) is 9.59 Å². The number of esters is 1. The smallest absolute Gasteiger partial charge is 0.326 e. The summed E-state index contributed by atoms with van der Waals surface area (Å²) in [4.78, 5) is 31.8. The number of para-hydroxylation sites is 1. The average Bonchev–Trinajstić information content (AvgIpc) is 2.57. The van der Waals surface area contributed by atoms with Gasteiger partial charge in [0.15, 0.2) is 0 Å². The normalized spacial score (nSPS) is 16.7. The Kier molecular flexibility index (Phi) is 5.22. The highest BCUT2D eigenvalue weighted by molar-refractivity contribution is 6.08. The lowest BCUT2D eigenvalue weighted by Crippen LogP contribution is -2.37. The fourth-order valence-electron chi connectivity index (χ4n) is 3.64. The number of rotatable bonds is 3. The molecule has 5 heteroatoms. The summed E-state index contributed by atoms with van der Waals surface area (Å²) < 4.78 is 5.37. The minimum atomic E-state index is -0.571. The van der Waals surface area contributed by atoms with Gasteiger partial charge in [-0.25, -0.2) is 0 Å². The molecule has 3 rings (SSSR count). The summed E-state index contributed by atoms with van der Waals surface area (Å²) in [7, 11) is 1.65. The van der Waals surface area contributed by atoms with E-state index in [1.165, 1.54) is 4.90 Å². The molecule has 1 aromatic carbocycles. The van der Waals surface area contributed by atoms with Crippen LogP contribution in [0.2, 0.25) is 0 Å². The molecular formula is C22H28N2O3. The van der Waals surface area contributed by atoms with Crippen LogP contribution in [0.15, 0.2) is 24.3 Å². The molecule has 0 fully saturated rings. The Morgan fingerprint density at radius 3 is 2.67 bits per heavy atom. The molecule has 144 valence electrons. The fourth-order valence-corrected chi connectivity index (χ4v) is 3.64. The van der Waals surface area contributed by atoms with Gasteiger partial charge in [0.25, 0.3) is 5.91 Å². The third-order valence-electron chi connectivity index (χ3n) is 4.85. The Morgan fingerprint density at radius 1 is 1.26 bits per heavy atom. The number of fused-ring (bicyclic) bond motifs is 2.